The Labute approximate surface area is 91.6 Å². The van der Waals surface area contributed by atoms with Gasteiger partial charge in [0.15, 0.2) is 0 Å². The lowest BCUT2D eigenvalue weighted by molar-refractivity contribution is 0.333. The zero-order valence-corrected chi connectivity index (χ0v) is 9.33. The number of nitrogens with one attached hydrogen (secondary N) is 1. The number of benzene rings is 1. The minimum atomic E-state index is 0.736. The normalized spacial score (nSPS) is 16.1. The molecule has 0 heterocycles. The number of ether oxygens (including phenoxy) is 1. The Hall–Kier alpha value is -1.02. The van der Waals surface area contributed by atoms with Gasteiger partial charge < -0.3 is 10.1 Å². The standard InChI is InChI=1S/C13H19NO/c1-2-15-13-8-3-5-11(9-13)10-14-12-6-4-7-12/h3,5,8-9,12,14H,2,4,6-7,10H2,1H3. The predicted octanol–water partition coefficient (Wildman–Crippen LogP) is 2.73. The minimum Gasteiger partial charge on any atom is -0.494 e. The van der Waals surface area contributed by atoms with E-state index >= 15 is 0 Å². The summed E-state index contributed by atoms with van der Waals surface area (Å²) in [5.41, 5.74) is 1.31. The van der Waals surface area contributed by atoms with Gasteiger partial charge in [-0.25, -0.2) is 0 Å². The lowest BCUT2D eigenvalue weighted by Crippen LogP contribution is -2.34. The molecule has 2 nitrogen and oxygen atoms in total. The van der Waals surface area contributed by atoms with Gasteiger partial charge in [-0.3, -0.25) is 0 Å². The summed E-state index contributed by atoms with van der Waals surface area (Å²) in [7, 11) is 0. The average Bonchev–Trinajstić information content (AvgIpc) is 2.16. The maximum absolute atomic E-state index is 5.47. The van der Waals surface area contributed by atoms with Crippen LogP contribution in [0.4, 0.5) is 0 Å². The first-order chi connectivity index (χ1) is 7.38. The van der Waals surface area contributed by atoms with Gasteiger partial charge in [-0.05, 0) is 37.5 Å². The zero-order chi connectivity index (χ0) is 10.5. The molecule has 82 valence electrons. The van der Waals surface area contributed by atoms with E-state index in [2.05, 4.69) is 23.5 Å². The van der Waals surface area contributed by atoms with E-state index in [-0.39, 0.29) is 0 Å². The van der Waals surface area contributed by atoms with Crippen molar-refractivity contribution in [3.63, 3.8) is 0 Å². The molecule has 1 aliphatic rings. The molecular formula is C13H19NO. The summed E-state index contributed by atoms with van der Waals surface area (Å²) in [4.78, 5) is 0. The molecule has 1 aliphatic carbocycles. The number of rotatable bonds is 5. The van der Waals surface area contributed by atoms with Crippen molar-refractivity contribution in [2.24, 2.45) is 0 Å². The van der Waals surface area contributed by atoms with Crippen LogP contribution in [-0.2, 0) is 6.54 Å². The molecule has 0 aromatic heterocycles. The molecule has 0 spiro atoms. The highest BCUT2D eigenvalue weighted by atomic mass is 16.5. The van der Waals surface area contributed by atoms with Gasteiger partial charge in [-0.1, -0.05) is 18.6 Å². The van der Waals surface area contributed by atoms with Crippen LogP contribution in [0, 0.1) is 0 Å². The van der Waals surface area contributed by atoms with Crippen molar-refractivity contribution in [1.29, 1.82) is 0 Å². The number of hydrogen-bond acceptors (Lipinski definition) is 2. The molecular weight excluding hydrogens is 186 g/mol. The quantitative estimate of drug-likeness (QED) is 0.798. The molecule has 0 amide bonds. The van der Waals surface area contributed by atoms with Crippen LogP contribution in [-0.4, -0.2) is 12.6 Å². The molecule has 0 unspecified atom stereocenters. The van der Waals surface area contributed by atoms with Crippen LogP contribution in [0.1, 0.15) is 31.7 Å². The molecule has 0 bridgehead atoms. The highest BCUT2D eigenvalue weighted by Gasteiger charge is 2.15. The van der Waals surface area contributed by atoms with Crippen molar-refractivity contribution in [2.45, 2.75) is 38.8 Å². The van der Waals surface area contributed by atoms with Crippen molar-refractivity contribution in [1.82, 2.24) is 5.32 Å². The van der Waals surface area contributed by atoms with Gasteiger partial charge in [-0.2, -0.15) is 0 Å². The summed E-state index contributed by atoms with van der Waals surface area (Å²) >= 11 is 0. The molecule has 1 aromatic carbocycles. The molecule has 1 N–H and O–H groups in total. The third kappa shape index (κ3) is 2.96. The van der Waals surface area contributed by atoms with Crippen molar-refractivity contribution in [3.05, 3.63) is 29.8 Å². The summed E-state index contributed by atoms with van der Waals surface area (Å²) in [5, 5.41) is 3.55. The first-order valence-corrected chi connectivity index (χ1v) is 5.83. The third-order valence-corrected chi connectivity index (χ3v) is 2.91. The maximum Gasteiger partial charge on any atom is 0.119 e. The van der Waals surface area contributed by atoms with Gasteiger partial charge >= 0.3 is 0 Å². The minimum absolute atomic E-state index is 0.736. The van der Waals surface area contributed by atoms with E-state index in [1.165, 1.54) is 24.8 Å². The van der Waals surface area contributed by atoms with Gasteiger partial charge in [0.1, 0.15) is 5.75 Å². The fourth-order valence-electron chi connectivity index (χ4n) is 1.79. The smallest absolute Gasteiger partial charge is 0.119 e. The molecule has 2 heteroatoms. The van der Waals surface area contributed by atoms with Crippen molar-refractivity contribution in [3.8, 4) is 5.75 Å². The van der Waals surface area contributed by atoms with E-state index < -0.39 is 0 Å². The molecule has 1 aromatic rings. The Balaban J connectivity index is 1.86. The van der Waals surface area contributed by atoms with Crippen LogP contribution in [0.25, 0.3) is 0 Å². The van der Waals surface area contributed by atoms with Gasteiger partial charge in [0, 0.05) is 12.6 Å². The molecule has 0 saturated heterocycles. The Kier molecular flexibility index (Phi) is 3.62. The molecule has 0 radical (unpaired) electrons. The van der Waals surface area contributed by atoms with E-state index in [1.54, 1.807) is 0 Å². The van der Waals surface area contributed by atoms with Crippen LogP contribution >= 0.6 is 0 Å². The predicted molar refractivity (Wildman–Crippen MR) is 62.1 cm³/mol. The van der Waals surface area contributed by atoms with Crippen LogP contribution < -0.4 is 10.1 Å². The van der Waals surface area contributed by atoms with Gasteiger partial charge in [-0.15, -0.1) is 0 Å². The molecule has 15 heavy (non-hydrogen) atoms. The van der Waals surface area contributed by atoms with Crippen LogP contribution in [0.3, 0.4) is 0 Å². The van der Waals surface area contributed by atoms with E-state index in [1.807, 2.05) is 13.0 Å². The summed E-state index contributed by atoms with van der Waals surface area (Å²) in [6.45, 7) is 3.71. The molecule has 1 saturated carbocycles. The summed E-state index contributed by atoms with van der Waals surface area (Å²) < 4.78 is 5.47. The van der Waals surface area contributed by atoms with Gasteiger partial charge in [0.05, 0.1) is 6.61 Å². The van der Waals surface area contributed by atoms with Crippen LogP contribution in [0.15, 0.2) is 24.3 Å². The van der Waals surface area contributed by atoms with Crippen molar-refractivity contribution >= 4 is 0 Å². The summed E-state index contributed by atoms with van der Waals surface area (Å²) in [6, 6.07) is 9.09. The second-order valence-electron chi connectivity index (χ2n) is 4.09. The van der Waals surface area contributed by atoms with E-state index in [0.29, 0.717) is 0 Å². The molecule has 0 atom stereocenters. The first-order valence-electron chi connectivity index (χ1n) is 5.83. The van der Waals surface area contributed by atoms with Crippen molar-refractivity contribution < 1.29 is 4.74 Å². The Morgan fingerprint density at radius 3 is 2.93 bits per heavy atom. The Morgan fingerprint density at radius 2 is 2.27 bits per heavy atom. The highest BCUT2D eigenvalue weighted by Crippen LogP contribution is 2.19. The fourth-order valence-corrected chi connectivity index (χ4v) is 1.79. The van der Waals surface area contributed by atoms with E-state index in [9.17, 15) is 0 Å². The largest absolute Gasteiger partial charge is 0.494 e. The van der Waals surface area contributed by atoms with Crippen LogP contribution in [0.2, 0.25) is 0 Å². The van der Waals surface area contributed by atoms with Crippen LogP contribution in [0.5, 0.6) is 5.75 Å². The van der Waals surface area contributed by atoms with Gasteiger partial charge in [0.2, 0.25) is 0 Å². The second kappa shape index (κ2) is 5.17. The van der Waals surface area contributed by atoms with E-state index in [0.717, 1.165) is 24.9 Å². The SMILES string of the molecule is CCOc1cccc(CNC2CCC2)c1. The molecule has 1 fully saturated rings. The number of hydrogen-bond donors (Lipinski definition) is 1. The van der Waals surface area contributed by atoms with Gasteiger partial charge in [0.25, 0.3) is 0 Å². The third-order valence-electron chi connectivity index (χ3n) is 2.91. The monoisotopic (exact) mass is 205 g/mol. The van der Waals surface area contributed by atoms with Crippen molar-refractivity contribution in [2.75, 3.05) is 6.61 Å². The topological polar surface area (TPSA) is 21.3 Å². The van der Waals surface area contributed by atoms with E-state index in [4.69, 9.17) is 4.74 Å². The summed E-state index contributed by atoms with van der Waals surface area (Å²) in [5.74, 6) is 0.977. The average molecular weight is 205 g/mol. The Bertz CT molecular complexity index is 307. The fraction of sp³-hybridized carbons (Fsp3) is 0.538. The molecule has 0 aliphatic heterocycles. The molecule has 2 rings (SSSR count). The highest BCUT2D eigenvalue weighted by molar-refractivity contribution is 5.28. The maximum atomic E-state index is 5.47. The summed E-state index contributed by atoms with van der Waals surface area (Å²) in [6.07, 6.45) is 4.06. The first kappa shape index (κ1) is 10.5. The zero-order valence-electron chi connectivity index (χ0n) is 9.33. The second-order valence-corrected chi connectivity index (χ2v) is 4.09. The lowest BCUT2D eigenvalue weighted by Gasteiger charge is -2.26. The Morgan fingerprint density at radius 1 is 1.40 bits per heavy atom. The lowest BCUT2D eigenvalue weighted by atomic mass is 9.93.